The van der Waals surface area contributed by atoms with Crippen LogP contribution >= 0.6 is 11.6 Å². The van der Waals surface area contributed by atoms with Crippen molar-refractivity contribution < 1.29 is 9.90 Å². The van der Waals surface area contributed by atoms with E-state index in [0.29, 0.717) is 6.04 Å². The van der Waals surface area contributed by atoms with Crippen LogP contribution in [0.15, 0.2) is 18.2 Å². The molecule has 1 unspecified atom stereocenters. The molecule has 4 nitrogen and oxygen atoms in total. The molecule has 0 spiro atoms. The molecule has 104 valence electrons. The lowest BCUT2D eigenvalue weighted by Crippen LogP contribution is -2.34. The molecule has 0 amide bonds. The summed E-state index contributed by atoms with van der Waals surface area (Å²) in [5.41, 5.74) is 1.02. The van der Waals surface area contributed by atoms with Crippen LogP contribution in [0, 0.1) is 0 Å². The van der Waals surface area contributed by atoms with Crippen molar-refractivity contribution >= 4 is 23.3 Å². The summed E-state index contributed by atoms with van der Waals surface area (Å²) < 4.78 is 0. The first-order chi connectivity index (χ1) is 9.11. The third-order valence-corrected chi connectivity index (χ3v) is 3.96. The molecule has 1 aliphatic heterocycles. The van der Waals surface area contributed by atoms with Crippen LogP contribution in [-0.4, -0.2) is 41.7 Å². The van der Waals surface area contributed by atoms with Crippen LogP contribution in [0.4, 0.5) is 5.69 Å². The molecule has 1 aromatic carbocycles. The van der Waals surface area contributed by atoms with E-state index in [4.69, 9.17) is 16.7 Å². The van der Waals surface area contributed by atoms with Crippen LogP contribution in [0.25, 0.3) is 0 Å². The number of benzene rings is 1. The van der Waals surface area contributed by atoms with Gasteiger partial charge in [-0.25, -0.2) is 4.79 Å². The number of halogens is 1. The van der Waals surface area contributed by atoms with E-state index in [-0.39, 0.29) is 10.6 Å². The summed E-state index contributed by atoms with van der Waals surface area (Å²) in [4.78, 5) is 13.3. The lowest BCUT2D eigenvalue weighted by Gasteiger charge is -2.23. The first-order valence-corrected chi connectivity index (χ1v) is 7.00. The number of carboxylic acid groups (broad SMARTS) is 1. The predicted molar refractivity (Wildman–Crippen MR) is 77.2 cm³/mol. The number of carboxylic acids is 1. The first-order valence-electron chi connectivity index (χ1n) is 6.62. The SMILES string of the molecule is CCN1CCCC1CNc1ccc(C(=O)O)c(Cl)c1. The molecule has 1 aliphatic rings. The van der Waals surface area contributed by atoms with Crippen molar-refractivity contribution in [2.75, 3.05) is 25.0 Å². The highest BCUT2D eigenvalue weighted by atomic mass is 35.5. The number of likely N-dealkylation sites (N-methyl/N-ethyl adjacent to an activating group) is 1. The summed E-state index contributed by atoms with van der Waals surface area (Å²) in [7, 11) is 0. The van der Waals surface area contributed by atoms with Crippen molar-refractivity contribution in [3.63, 3.8) is 0 Å². The molecule has 0 radical (unpaired) electrons. The molecular formula is C14H19ClN2O2. The number of aromatic carboxylic acids is 1. The Morgan fingerprint density at radius 3 is 3.00 bits per heavy atom. The van der Waals surface area contributed by atoms with Gasteiger partial charge in [-0.05, 0) is 44.1 Å². The Morgan fingerprint density at radius 2 is 2.37 bits per heavy atom. The van der Waals surface area contributed by atoms with Gasteiger partial charge in [0.05, 0.1) is 10.6 Å². The first kappa shape index (κ1) is 14.2. The molecule has 1 aromatic rings. The maximum Gasteiger partial charge on any atom is 0.337 e. The van der Waals surface area contributed by atoms with Crippen LogP contribution in [0.5, 0.6) is 0 Å². The second kappa shape index (κ2) is 6.26. The zero-order valence-electron chi connectivity index (χ0n) is 11.0. The highest BCUT2D eigenvalue weighted by molar-refractivity contribution is 6.33. The van der Waals surface area contributed by atoms with Crippen molar-refractivity contribution in [3.05, 3.63) is 28.8 Å². The van der Waals surface area contributed by atoms with E-state index in [2.05, 4.69) is 17.1 Å². The quantitative estimate of drug-likeness (QED) is 0.872. The second-order valence-corrected chi connectivity index (χ2v) is 5.21. The van der Waals surface area contributed by atoms with E-state index in [9.17, 15) is 4.79 Å². The number of rotatable bonds is 5. The van der Waals surface area contributed by atoms with Gasteiger partial charge in [0.25, 0.3) is 0 Å². The maximum atomic E-state index is 10.9. The maximum absolute atomic E-state index is 10.9. The molecule has 0 saturated carbocycles. The zero-order chi connectivity index (χ0) is 13.8. The van der Waals surface area contributed by atoms with Gasteiger partial charge >= 0.3 is 5.97 Å². The number of hydrogen-bond acceptors (Lipinski definition) is 3. The molecule has 1 fully saturated rings. The van der Waals surface area contributed by atoms with Crippen LogP contribution in [-0.2, 0) is 0 Å². The largest absolute Gasteiger partial charge is 0.478 e. The van der Waals surface area contributed by atoms with E-state index in [0.717, 1.165) is 18.8 Å². The number of carbonyl (C=O) groups is 1. The Kier molecular flexibility index (Phi) is 4.66. The summed E-state index contributed by atoms with van der Waals surface area (Å²) in [6.45, 7) is 5.29. The Balaban J connectivity index is 1.96. The standard InChI is InChI=1S/C14H19ClN2O2/c1-2-17-7-3-4-11(17)9-16-10-5-6-12(14(18)19)13(15)8-10/h5-6,8,11,16H,2-4,7,9H2,1H3,(H,18,19). The van der Waals surface area contributed by atoms with E-state index in [1.807, 2.05) is 0 Å². The monoisotopic (exact) mass is 282 g/mol. The molecule has 2 rings (SSSR count). The van der Waals surface area contributed by atoms with Gasteiger partial charge in [-0.15, -0.1) is 0 Å². The molecule has 1 heterocycles. The lowest BCUT2D eigenvalue weighted by molar-refractivity contribution is 0.0697. The topological polar surface area (TPSA) is 52.6 Å². The van der Waals surface area contributed by atoms with Gasteiger partial charge in [-0.2, -0.15) is 0 Å². The van der Waals surface area contributed by atoms with Gasteiger partial charge in [0.2, 0.25) is 0 Å². The minimum atomic E-state index is -0.996. The fourth-order valence-corrected chi connectivity index (χ4v) is 2.84. The number of likely N-dealkylation sites (tertiary alicyclic amines) is 1. The van der Waals surface area contributed by atoms with Crippen molar-refractivity contribution in [1.29, 1.82) is 0 Å². The zero-order valence-corrected chi connectivity index (χ0v) is 11.8. The van der Waals surface area contributed by atoms with Crippen molar-refractivity contribution in [1.82, 2.24) is 4.90 Å². The van der Waals surface area contributed by atoms with Gasteiger partial charge in [0, 0.05) is 18.3 Å². The molecule has 5 heteroatoms. The second-order valence-electron chi connectivity index (χ2n) is 4.81. The third kappa shape index (κ3) is 3.39. The number of nitrogens with zero attached hydrogens (tertiary/aromatic N) is 1. The number of nitrogens with one attached hydrogen (secondary N) is 1. The fourth-order valence-electron chi connectivity index (χ4n) is 2.58. The van der Waals surface area contributed by atoms with E-state index < -0.39 is 5.97 Å². The molecule has 2 N–H and O–H groups in total. The number of anilines is 1. The average Bonchev–Trinajstić information content (AvgIpc) is 2.83. The van der Waals surface area contributed by atoms with Crippen molar-refractivity contribution in [2.45, 2.75) is 25.8 Å². The molecular weight excluding hydrogens is 264 g/mol. The Bertz CT molecular complexity index is 465. The van der Waals surface area contributed by atoms with Crippen LogP contribution in [0.1, 0.15) is 30.1 Å². The van der Waals surface area contributed by atoms with E-state index >= 15 is 0 Å². The summed E-state index contributed by atoms with van der Waals surface area (Å²) in [6.07, 6.45) is 2.46. The summed E-state index contributed by atoms with van der Waals surface area (Å²) in [5.74, 6) is -0.996. The van der Waals surface area contributed by atoms with Gasteiger partial charge in [0.15, 0.2) is 0 Å². The van der Waals surface area contributed by atoms with Gasteiger partial charge in [-0.1, -0.05) is 18.5 Å². The highest BCUT2D eigenvalue weighted by Gasteiger charge is 2.22. The number of hydrogen-bond donors (Lipinski definition) is 2. The Labute approximate surface area is 118 Å². The average molecular weight is 283 g/mol. The summed E-state index contributed by atoms with van der Waals surface area (Å²) in [5, 5.41) is 12.5. The molecule has 0 bridgehead atoms. The van der Waals surface area contributed by atoms with Crippen LogP contribution in [0.2, 0.25) is 5.02 Å². The molecule has 1 saturated heterocycles. The minimum absolute atomic E-state index is 0.142. The fraction of sp³-hybridized carbons (Fsp3) is 0.500. The minimum Gasteiger partial charge on any atom is -0.478 e. The smallest absolute Gasteiger partial charge is 0.337 e. The molecule has 0 aliphatic carbocycles. The Morgan fingerprint density at radius 1 is 1.58 bits per heavy atom. The summed E-state index contributed by atoms with van der Waals surface area (Å²) >= 11 is 5.94. The summed E-state index contributed by atoms with van der Waals surface area (Å²) in [6, 6.07) is 5.54. The van der Waals surface area contributed by atoms with Crippen LogP contribution in [0.3, 0.4) is 0 Å². The highest BCUT2D eigenvalue weighted by Crippen LogP contribution is 2.22. The lowest BCUT2D eigenvalue weighted by atomic mass is 10.2. The van der Waals surface area contributed by atoms with Gasteiger partial charge in [-0.3, -0.25) is 4.90 Å². The predicted octanol–water partition coefficient (Wildman–Crippen LogP) is 2.93. The van der Waals surface area contributed by atoms with Crippen molar-refractivity contribution in [3.8, 4) is 0 Å². The van der Waals surface area contributed by atoms with Gasteiger partial charge in [0.1, 0.15) is 0 Å². The van der Waals surface area contributed by atoms with Crippen molar-refractivity contribution in [2.24, 2.45) is 0 Å². The molecule has 19 heavy (non-hydrogen) atoms. The van der Waals surface area contributed by atoms with Crippen LogP contribution < -0.4 is 5.32 Å². The molecule has 0 aromatic heterocycles. The normalized spacial score (nSPS) is 19.6. The van der Waals surface area contributed by atoms with E-state index in [1.54, 1.807) is 18.2 Å². The Hall–Kier alpha value is -1.26. The molecule has 1 atom stereocenters. The van der Waals surface area contributed by atoms with E-state index in [1.165, 1.54) is 19.4 Å². The third-order valence-electron chi connectivity index (χ3n) is 3.65. The van der Waals surface area contributed by atoms with Gasteiger partial charge < -0.3 is 10.4 Å².